The van der Waals surface area contributed by atoms with Crippen molar-refractivity contribution in [3.8, 4) is 0 Å². The molecule has 0 saturated heterocycles. The number of fused-ring (bicyclic) bond motifs is 4. The van der Waals surface area contributed by atoms with E-state index in [-0.39, 0.29) is 12.2 Å². The van der Waals surface area contributed by atoms with Crippen LogP contribution in [0.4, 0.5) is 0 Å². The molecule has 0 unspecified atom stereocenters. The van der Waals surface area contributed by atoms with Gasteiger partial charge in [-0.1, -0.05) is 48.5 Å². The summed E-state index contributed by atoms with van der Waals surface area (Å²) in [5.41, 5.74) is 4.78. The summed E-state index contributed by atoms with van der Waals surface area (Å²) in [5.74, 6) is 0. The molecule has 4 aromatic carbocycles. The minimum absolute atomic E-state index is 0.0828. The van der Waals surface area contributed by atoms with E-state index in [1.807, 2.05) is 0 Å². The molecule has 0 aliphatic heterocycles. The van der Waals surface area contributed by atoms with Crippen molar-refractivity contribution < 1.29 is 9.47 Å². The molecule has 1 aliphatic carbocycles. The second kappa shape index (κ2) is 5.94. The smallest absolute Gasteiger partial charge is 0.108 e. The van der Waals surface area contributed by atoms with Gasteiger partial charge in [-0.2, -0.15) is 0 Å². The highest BCUT2D eigenvalue weighted by molar-refractivity contribution is 5.87. The van der Waals surface area contributed by atoms with Gasteiger partial charge in [0.25, 0.3) is 0 Å². The van der Waals surface area contributed by atoms with Gasteiger partial charge < -0.3 is 9.47 Å². The molecular formula is C24H20O2. The Hall–Kier alpha value is -2.68. The highest BCUT2D eigenvalue weighted by atomic mass is 16.5. The molecule has 0 amide bonds. The van der Waals surface area contributed by atoms with Gasteiger partial charge >= 0.3 is 0 Å². The summed E-state index contributed by atoms with van der Waals surface area (Å²) in [4.78, 5) is 0. The van der Waals surface area contributed by atoms with Crippen LogP contribution in [-0.2, 0) is 9.47 Å². The van der Waals surface area contributed by atoms with Crippen LogP contribution in [-0.4, -0.2) is 14.2 Å². The lowest BCUT2D eigenvalue weighted by Gasteiger charge is -2.33. The highest BCUT2D eigenvalue weighted by Gasteiger charge is 2.33. The molecule has 2 nitrogen and oxygen atoms in total. The maximum absolute atomic E-state index is 5.98. The van der Waals surface area contributed by atoms with E-state index >= 15 is 0 Å². The first kappa shape index (κ1) is 15.6. The van der Waals surface area contributed by atoms with Gasteiger partial charge in [0.05, 0.1) is 0 Å². The van der Waals surface area contributed by atoms with Gasteiger partial charge in [0, 0.05) is 14.2 Å². The molecule has 5 rings (SSSR count). The molecule has 0 spiro atoms. The fourth-order valence-electron chi connectivity index (χ4n) is 4.30. The summed E-state index contributed by atoms with van der Waals surface area (Å²) in [6, 6.07) is 25.9. The summed E-state index contributed by atoms with van der Waals surface area (Å²) in [6.45, 7) is 0. The Labute approximate surface area is 153 Å². The van der Waals surface area contributed by atoms with Crippen LogP contribution in [0.5, 0.6) is 0 Å². The van der Waals surface area contributed by atoms with Crippen LogP contribution in [0.2, 0.25) is 0 Å². The number of benzene rings is 4. The van der Waals surface area contributed by atoms with E-state index in [4.69, 9.17) is 9.47 Å². The van der Waals surface area contributed by atoms with E-state index in [2.05, 4.69) is 72.8 Å². The van der Waals surface area contributed by atoms with Crippen molar-refractivity contribution in [1.82, 2.24) is 0 Å². The van der Waals surface area contributed by atoms with Crippen molar-refractivity contribution in [3.05, 3.63) is 95.1 Å². The van der Waals surface area contributed by atoms with Crippen molar-refractivity contribution in [1.29, 1.82) is 0 Å². The molecule has 0 aromatic heterocycles. The second-order valence-electron chi connectivity index (χ2n) is 6.89. The molecule has 0 bridgehead atoms. The minimum Gasteiger partial charge on any atom is -0.372 e. The predicted octanol–water partition coefficient (Wildman–Crippen LogP) is 5.78. The van der Waals surface area contributed by atoms with E-state index in [9.17, 15) is 0 Å². The molecule has 0 atom stereocenters. The van der Waals surface area contributed by atoms with Gasteiger partial charge in [0.15, 0.2) is 0 Å². The third kappa shape index (κ3) is 2.20. The third-order valence-corrected chi connectivity index (χ3v) is 5.50. The monoisotopic (exact) mass is 340 g/mol. The highest BCUT2D eigenvalue weighted by Crippen LogP contribution is 2.46. The van der Waals surface area contributed by atoms with Crippen LogP contribution in [0.3, 0.4) is 0 Å². The molecule has 1 aliphatic rings. The molecule has 26 heavy (non-hydrogen) atoms. The Bertz CT molecular complexity index is 953. The Morgan fingerprint density at radius 3 is 1.00 bits per heavy atom. The number of rotatable bonds is 2. The van der Waals surface area contributed by atoms with Crippen LogP contribution in [0, 0.1) is 0 Å². The van der Waals surface area contributed by atoms with Crippen molar-refractivity contribution in [2.75, 3.05) is 14.2 Å². The SMILES string of the molecule is COC1c2cc3ccccc3cc2C(OC)c2cc3ccccc3cc21. The lowest BCUT2D eigenvalue weighted by atomic mass is 9.79. The fraction of sp³-hybridized carbons (Fsp3) is 0.167. The molecule has 0 radical (unpaired) electrons. The van der Waals surface area contributed by atoms with Gasteiger partial charge in [-0.05, 0) is 68.1 Å². The lowest BCUT2D eigenvalue weighted by Crippen LogP contribution is -2.20. The first-order valence-corrected chi connectivity index (χ1v) is 8.91. The van der Waals surface area contributed by atoms with E-state index < -0.39 is 0 Å². The number of ether oxygens (including phenoxy) is 2. The van der Waals surface area contributed by atoms with E-state index in [1.54, 1.807) is 14.2 Å². The molecule has 0 heterocycles. The maximum Gasteiger partial charge on any atom is 0.108 e. The minimum atomic E-state index is -0.0828. The fourth-order valence-corrected chi connectivity index (χ4v) is 4.30. The van der Waals surface area contributed by atoms with Crippen LogP contribution in [0.1, 0.15) is 34.5 Å². The number of hydrogen-bond donors (Lipinski definition) is 0. The van der Waals surface area contributed by atoms with Crippen LogP contribution in [0.25, 0.3) is 21.5 Å². The van der Waals surface area contributed by atoms with E-state index in [1.165, 1.54) is 43.8 Å². The Kier molecular flexibility index (Phi) is 3.56. The number of methoxy groups -OCH3 is 2. The molecule has 2 heteroatoms. The summed E-state index contributed by atoms with van der Waals surface area (Å²) >= 11 is 0. The van der Waals surface area contributed by atoms with E-state index in [0.29, 0.717) is 0 Å². The average molecular weight is 340 g/mol. The van der Waals surface area contributed by atoms with Gasteiger partial charge in [-0.3, -0.25) is 0 Å². The maximum atomic E-state index is 5.98. The van der Waals surface area contributed by atoms with Crippen LogP contribution >= 0.6 is 0 Å². The van der Waals surface area contributed by atoms with Crippen molar-refractivity contribution in [3.63, 3.8) is 0 Å². The third-order valence-electron chi connectivity index (χ3n) is 5.50. The largest absolute Gasteiger partial charge is 0.372 e. The van der Waals surface area contributed by atoms with Crippen LogP contribution in [0.15, 0.2) is 72.8 Å². The summed E-state index contributed by atoms with van der Waals surface area (Å²) in [6.07, 6.45) is -0.166. The zero-order valence-electron chi connectivity index (χ0n) is 14.9. The first-order chi connectivity index (χ1) is 12.8. The second-order valence-corrected chi connectivity index (χ2v) is 6.89. The zero-order valence-corrected chi connectivity index (χ0v) is 14.9. The van der Waals surface area contributed by atoms with Gasteiger partial charge in [0.2, 0.25) is 0 Å². The van der Waals surface area contributed by atoms with E-state index in [0.717, 1.165) is 0 Å². The Morgan fingerprint density at radius 1 is 0.500 bits per heavy atom. The average Bonchev–Trinajstić information content (AvgIpc) is 2.69. The molecule has 0 saturated carbocycles. The quantitative estimate of drug-likeness (QED) is 0.460. The summed E-state index contributed by atoms with van der Waals surface area (Å²) in [5, 5.41) is 4.92. The lowest BCUT2D eigenvalue weighted by molar-refractivity contribution is 0.0995. The van der Waals surface area contributed by atoms with Crippen molar-refractivity contribution in [2.45, 2.75) is 12.2 Å². The Balaban J connectivity index is 1.83. The first-order valence-electron chi connectivity index (χ1n) is 8.91. The van der Waals surface area contributed by atoms with Crippen molar-refractivity contribution >= 4 is 21.5 Å². The summed E-state index contributed by atoms with van der Waals surface area (Å²) < 4.78 is 12.0. The van der Waals surface area contributed by atoms with Gasteiger partial charge in [-0.25, -0.2) is 0 Å². The molecular weight excluding hydrogens is 320 g/mol. The summed E-state index contributed by atoms with van der Waals surface area (Å²) in [7, 11) is 3.57. The number of hydrogen-bond acceptors (Lipinski definition) is 2. The molecule has 128 valence electrons. The Morgan fingerprint density at radius 2 is 0.769 bits per heavy atom. The van der Waals surface area contributed by atoms with Gasteiger partial charge in [0.1, 0.15) is 12.2 Å². The molecule has 0 N–H and O–H groups in total. The van der Waals surface area contributed by atoms with Crippen LogP contribution < -0.4 is 0 Å². The predicted molar refractivity (Wildman–Crippen MR) is 106 cm³/mol. The topological polar surface area (TPSA) is 18.5 Å². The van der Waals surface area contributed by atoms with Crippen molar-refractivity contribution in [2.24, 2.45) is 0 Å². The molecule has 4 aromatic rings. The van der Waals surface area contributed by atoms with Gasteiger partial charge in [-0.15, -0.1) is 0 Å². The zero-order chi connectivity index (χ0) is 17.7. The molecule has 0 fully saturated rings. The standard InChI is InChI=1S/C24H20O2/c1-25-23-19-11-15-7-3-5-9-17(15)13-21(19)24(26-2)22-14-18-10-6-4-8-16(18)12-20(22)23/h3-14,23-24H,1-2H3. The normalized spacial score (nSPS) is 18.7.